The topological polar surface area (TPSA) is 184 Å². The van der Waals surface area contributed by atoms with Crippen molar-refractivity contribution in [1.29, 1.82) is 5.41 Å². The molecule has 3 rings (SSSR count). The van der Waals surface area contributed by atoms with Crippen LogP contribution in [0.2, 0.25) is 0 Å². The van der Waals surface area contributed by atoms with Gasteiger partial charge in [-0.3, -0.25) is 25.1 Å². The first kappa shape index (κ1) is 37.7. The van der Waals surface area contributed by atoms with Crippen LogP contribution in [0.15, 0.2) is 30.3 Å². The van der Waals surface area contributed by atoms with Crippen LogP contribution in [-0.4, -0.2) is 52.5 Å². The normalized spacial score (nSPS) is 14.3. The molecule has 0 aliphatic carbocycles. The number of nitrogens with one attached hydrogen (secondary N) is 2. The van der Waals surface area contributed by atoms with Gasteiger partial charge in [0.25, 0.3) is 0 Å². The Bertz CT molecular complexity index is 1610. The molecule has 2 amide bonds. The number of primary amides is 1. The zero-order valence-corrected chi connectivity index (χ0v) is 29.3. The monoisotopic (exact) mass is 665 g/mol. The van der Waals surface area contributed by atoms with Gasteiger partial charge in [0.05, 0.1) is 17.9 Å². The highest BCUT2D eigenvalue weighted by Gasteiger charge is 2.35. The Kier molecular flexibility index (Phi) is 11.5. The fraction of sp³-hybridized carbons (Fsp3) is 0.500. The number of hydrogen-bond donors (Lipinski definition) is 3. The Balaban J connectivity index is 2.05. The number of carbonyl (C=O) groups is 5. The van der Waals surface area contributed by atoms with E-state index in [4.69, 9.17) is 30.1 Å². The average molecular weight is 666 g/mol. The first-order valence-electron chi connectivity index (χ1n) is 15.9. The van der Waals surface area contributed by atoms with Gasteiger partial charge in [-0.05, 0) is 135 Å². The number of amides is 2. The van der Waals surface area contributed by atoms with E-state index in [1.165, 1.54) is 12.1 Å². The number of benzene rings is 2. The van der Waals surface area contributed by atoms with Crippen molar-refractivity contribution in [2.24, 2.45) is 5.73 Å². The predicted molar refractivity (Wildman–Crippen MR) is 178 cm³/mol. The highest BCUT2D eigenvalue weighted by molar-refractivity contribution is 6.05. The summed E-state index contributed by atoms with van der Waals surface area (Å²) in [7, 11) is 0. The maximum Gasteiger partial charge on any atom is 0.413 e. The fourth-order valence-corrected chi connectivity index (χ4v) is 5.10. The lowest BCUT2D eigenvalue weighted by Gasteiger charge is -2.27. The molecule has 2 aromatic rings. The number of carbonyl (C=O) groups excluding carboxylic acids is 5. The first-order chi connectivity index (χ1) is 22.0. The molecule has 0 spiro atoms. The van der Waals surface area contributed by atoms with Crippen LogP contribution in [-0.2, 0) is 36.6 Å². The third kappa shape index (κ3) is 10.9. The van der Waals surface area contributed by atoms with Crippen LogP contribution in [0.25, 0.3) is 0 Å². The zero-order valence-electron chi connectivity index (χ0n) is 29.3. The summed E-state index contributed by atoms with van der Waals surface area (Å²) in [6.07, 6.45) is 0.936. The van der Waals surface area contributed by atoms with Gasteiger partial charge in [-0.25, -0.2) is 9.59 Å². The van der Waals surface area contributed by atoms with E-state index in [1.54, 1.807) is 80.5 Å². The molecule has 0 radical (unpaired) electrons. The third-order valence-electron chi connectivity index (χ3n) is 6.94. The predicted octanol–water partition coefficient (Wildman–Crippen LogP) is 5.89. The lowest BCUT2D eigenvalue weighted by Crippen LogP contribution is -2.36. The summed E-state index contributed by atoms with van der Waals surface area (Å²) in [4.78, 5) is 65.3. The highest BCUT2D eigenvalue weighted by atomic mass is 16.6. The van der Waals surface area contributed by atoms with Crippen molar-refractivity contribution in [3.63, 3.8) is 0 Å². The van der Waals surface area contributed by atoms with Crippen molar-refractivity contribution in [2.45, 2.75) is 117 Å². The summed E-state index contributed by atoms with van der Waals surface area (Å²) in [5.41, 5.74) is 4.97. The summed E-state index contributed by atoms with van der Waals surface area (Å²) in [6, 6.07) is 7.62. The molecule has 0 saturated carbocycles. The first-order valence-corrected chi connectivity index (χ1v) is 15.9. The molecule has 1 atom stereocenters. The van der Waals surface area contributed by atoms with Crippen LogP contribution in [0.5, 0.6) is 5.75 Å². The van der Waals surface area contributed by atoms with Gasteiger partial charge in [-0.1, -0.05) is 0 Å². The van der Waals surface area contributed by atoms with Crippen LogP contribution in [0.3, 0.4) is 0 Å². The minimum atomic E-state index is -1.31. The van der Waals surface area contributed by atoms with Gasteiger partial charge < -0.3 is 24.7 Å². The second kappa shape index (κ2) is 14.6. The summed E-state index contributed by atoms with van der Waals surface area (Å²) < 4.78 is 22.2. The van der Waals surface area contributed by atoms with Crippen LogP contribution >= 0.6 is 0 Å². The number of esters is 3. The molecule has 0 bridgehead atoms. The molecule has 48 heavy (non-hydrogen) atoms. The van der Waals surface area contributed by atoms with Gasteiger partial charge in [0.2, 0.25) is 5.91 Å². The Labute approximate surface area is 281 Å². The molecular formula is C36H47N3O9. The van der Waals surface area contributed by atoms with Crippen molar-refractivity contribution in [2.75, 3.05) is 0 Å². The molecule has 0 unspecified atom stereocenters. The molecular weight excluding hydrogens is 618 g/mol. The van der Waals surface area contributed by atoms with E-state index in [-0.39, 0.29) is 28.3 Å². The number of hydrogen-bond acceptors (Lipinski definition) is 10. The summed E-state index contributed by atoms with van der Waals surface area (Å²) >= 11 is 0. The minimum absolute atomic E-state index is 0.0148. The molecule has 2 aromatic carbocycles. The Morgan fingerprint density at radius 3 is 2.00 bits per heavy atom. The minimum Gasteiger partial charge on any atom is -0.460 e. The number of amidine groups is 1. The second-order valence-corrected chi connectivity index (χ2v) is 14.8. The largest absolute Gasteiger partial charge is 0.460 e. The summed E-state index contributed by atoms with van der Waals surface area (Å²) in [5.74, 6) is -4.32. The SMILES string of the molecule is CC(C)(C)OC(=O)C[C@H](C(=O)OC(C)(C)C)c1cc2c(cc1C(N)=O)CCCCc1cc(C(=N)NC(=O)OC(C)(C)C)ccc1OC2=O. The van der Waals surface area contributed by atoms with E-state index in [0.717, 1.165) is 0 Å². The van der Waals surface area contributed by atoms with Crippen molar-refractivity contribution < 1.29 is 42.9 Å². The maximum absolute atomic E-state index is 13.8. The second-order valence-electron chi connectivity index (χ2n) is 14.8. The number of alkyl carbamates (subject to hydrolysis) is 1. The van der Waals surface area contributed by atoms with Crippen molar-refractivity contribution in [1.82, 2.24) is 5.32 Å². The Morgan fingerprint density at radius 1 is 0.854 bits per heavy atom. The van der Waals surface area contributed by atoms with Crippen molar-refractivity contribution in [3.05, 3.63) is 63.7 Å². The summed E-state index contributed by atoms with van der Waals surface area (Å²) in [6.45, 7) is 15.2. The van der Waals surface area contributed by atoms with Gasteiger partial charge in [-0.2, -0.15) is 0 Å². The Hall–Kier alpha value is -4.74. The van der Waals surface area contributed by atoms with E-state index < -0.39 is 59.1 Å². The van der Waals surface area contributed by atoms with Crippen LogP contribution < -0.4 is 15.8 Å². The van der Waals surface area contributed by atoms with E-state index in [2.05, 4.69) is 5.32 Å². The fourth-order valence-electron chi connectivity index (χ4n) is 5.10. The molecule has 4 N–H and O–H groups in total. The lowest BCUT2D eigenvalue weighted by atomic mass is 9.86. The molecule has 12 heteroatoms. The van der Waals surface area contributed by atoms with E-state index in [1.807, 2.05) is 0 Å². The lowest BCUT2D eigenvalue weighted by molar-refractivity contribution is -0.164. The van der Waals surface area contributed by atoms with E-state index in [0.29, 0.717) is 42.4 Å². The molecule has 1 aliphatic heterocycles. The number of fused-ring (bicyclic) bond motifs is 2. The molecule has 0 saturated heterocycles. The van der Waals surface area contributed by atoms with Gasteiger partial charge in [0.1, 0.15) is 28.4 Å². The molecule has 0 fully saturated rings. The number of rotatable bonds is 6. The molecule has 0 aromatic heterocycles. The number of aryl methyl sites for hydroxylation is 2. The number of nitrogens with two attached hydrogens (primary N) is 1. The maximum atomic E-state index is 13.8. The molecule has 260 valence electrons. The number of ether oxygens (including phenoxy) is 4. The van der Waals surface area contributed by atoms with Crippen LogP contribution in [0, 0.1) is 5.41 Å². The average Bonchev–Trinajstić information content (AvgIpc) is 2.91. The van der Waals surface area contributed by atoms with E-state index in [9.17, 15) is 24.0 Å². The molecule has 1 aliphatic rings. The molecule has 12 nitrogen and oxygen atoms in total. The van der Waals surface area contributed by atoms with Crippen LogP contribution in [0.4, 0.5) is 4.79 Å². The van der Waals surface area contributed by atoms with Crippen LogP contribution in [0.1, 0.15) is 130 Å². The van der Waals surface area contributed by atoms with Gasteiger partial charge >= 0.3 is 24.0 Å². The van der Waals surface area contributed by atoms with Gasteiger partial charge in [0, 0.05) is 11.1 Å². The standard InChI is InChI=1S/C36H47N3O9/c1-34(2,3)46-28(40)19-26(32(43)47-35(4,5)6)24-18-23-20(17-25(24)30(38)41)12-10-11-13-21-16-22(14-15-27(21)45-31(23)42)29(37)39-33(44)48-36(7,8)9/h14-18,26H,10-13,19H2,1-9H3,(H2,38,41)(H2,37,39,44)/t26-/m0/s1. The van der Waals surface area contributed by atoms with Gasteiger partial charge in [0.15, 0.2) is 0 Å². The van der Waals surface area contributed by atoms with Crippen molar-refractivity contribution >= 4 is 35.7 Å². The third-order valence-corrected chi connectivity index (χ3v) is 6.94. The van der Waals surface area contributed by atoms with Crippen molar-refractivity contribution in [3.8, 4) is 5.75 Å². The molecule has 1 heterocycles. The smallest absolute Gasteiger partial charge is 0.413 e. The Morgan fingerprint density at radius 2 is 1.44 bits per heavy atom. The zero-order chi connectivity index (χ0) is 36.2. The quantitative estimate of drug-likeness (QED) is 0.111. The van der Waals surface area contributed by atoms with E-state index >= 15 is 0 Å². The summed E-state index contributed by atoms with van der Waals surface area (Å²) in [5, 5.41) is 10.8. The van der Waals surface area contributed by atoms with Gasteiger partial charge in [-0.15, -0.1) is 0 Å². The highest BCUT2D eigenvalue weighted by Crippen LogP contribution is 2.33.